The van der Waals surface area contributed by atoms with Crippen molar-refractivity contribution in [2.24, 2.45) is 5.92 Å². The minimum Gasteiger partial charge on any atom is -0.274 e. The summed E-state index contributed by atoms with van der Waals surface area (Å²) in [7, 11) is 0. The first-order valence-corrected chi connectivity index (χ1v) is 9.99. The van der Waals surface area contributed by atoms with E-state index in [1.807, 2.05) is 68.2 Å². The molecule has 3 atom stereocenters. The van der Waals surface area contributed by atoms with E-state index in [9.17, 15) is 14.4 Å². The van der Waals surface area contributed by atoms with Crippen LogP contribution < -0.4 is 4.90 Å². The van der Waals surface area contributed by atoms with Gasteiger partial charge < -0.3 is 0 Å². The second kappa shape index (κ2) is 6.26. The number of hydrogen-bond acceptors (Lipinski definition) is 4. The summed E-state index contributed by atoms with van der Waals surface area (Å²) in [5.41, 5.74) is 4.49. The molecule has 6 heteroatoms. The van der Waals surface area contributed by atoms with Gasteiger partial charge in [0.25, 0.3) is 5.91 Å². The van der Waals surface area contributed by atoms with Crippen molar-refractivity contribution in [1.82, 2.24) is 10.0 Å². The zero-order valence-corrected chi connectivity index (χ0v) is 16.8. The lowest BCUT2D eigenvalue weighted by atomic mass is 9.90. The van der Waals surface area contributed by atoms with Gasteiger partial charge in [0.15, 0.2) is 0 Å². The average Bonchev–Trinajstić information content (AvgIpc) is 3.28. The van der Waals surface area contributed by atoms with E-state index in [-0.39, 0.29) is 23.8 Å². The van der Waals surface area contributed by atoms with Crippen molar-refractivity contribution in [2.75, 3.05) is 11.4 Å². The van der Waals surface area contributed by atoms with Crippen molar-refractivity contribution in [2.45, 2.75) is 39.3 Å². The first-order chi connectivity index (χ1) is 13.9. The van der Waals surface area contributed by atoms with Crippen LogP contribution in [0.3, 0.4) is 0 Å². The minimum atomic E-state index is -0.761. The maximum absolute atomic E-state index is 13.6. The molecule has 6 nitrogen and oxygen atoms in total. The summed E-state index contributed by atoms with van der Waals surface area (Å²) in [4.78, 5) is 41.2. The van der Waals surface area contributed by atoms with E-state index < -0.39 is 12.0 Å². The molecule has 0 radical (unpaired) electrons. The highest BCUT2D eigenvalue weighted by Gasteiger charge is 2.64. The molecule has 2 aromatic rings. The SMILES string of the molecule is Cc1cc(C)c(N2C(=O)[C@H]3[C@H](c4ccccc4)N4CCC(=O)N4[C@H]3C2=O)c(C)c1. The van der Waals surface area contributed by atoms with Gasteiger partial charge in [-0.05, 0) is 37.5 Å². The molecule has 0 N–H and O–H groups in total. The lowest BCUT2D eigenvalue weighted by molar-refractivity contribution is -0.143. The molecule has 0 spiro atoms. The van der Waals surface area contributed by atoms with Crippen LogP contribution in [0, 0.1) is 26.7 Å². The summed E-state index contributed by atoms with van der Waals surface area (Å²) in [5, 5.41) is 3.48. The monoisotopic (exact) mass is 389 g/mol. The van der Waals surface area contributed by atoms with Gasteiger partial charge in [0.2, 0.25) is 11.8 Å². The van der Waals surface area contributed by atoms with Crippen LogP contribution in [0.15, 0.2) is 42.5 Å². The molecule has 5 rings (SSSR count). The molecule has 29 heavy (non-hydrogen) atoms. The van der Waals surface area contributed by atoms with Gasteiger partial charge in [-0.1, -0.05) is 48.0 Å². The summed E-state index contributed by atoms with van der Waals surface area (Å²) in [6.07, 6.45) is 0.372. The van der Waals surface area contributed by atoms with Gasteiger partial charge in [-0.25, -0.2) is 9.91 Å². The van der Waals surface area contributed by atoms with Gasteiger partial charge in [0.1, 0.15) is 6.04 Å². The molecule has 0 bridgehead atoms. The lowest BCUT2D eigenvalue weighted by Crippen LogP contribution is -2.46. The fourth-order valence-corrected chi connectivity index (χ4v) is 5.37. The number of carbonyl (C=O) groups is 3. The third-order valence-electron chi connectivity index (χ3n) is 6.33. The summed E-state index contributed by atoms with van der Waals surface area (Å²) in [6.45, 7) is 6.38. The first-order valence-electron chi connectivity index (χ1n) is 9.99. The van der Waals surface area contributed by atoms with Crippen LogP contribution in [-0.4, -0.2) is 40.3 Å². The second-order valence-electron chi connectivity index (χ2n) is 8.24. The number of amides is 3. The zero-order chi connectivity index (χ0) is 20.4. The van der Waals surface area contributed by atoms with Crippen molar-refractivity contribution in [1.29, 1.82) is 0 Å². The van der Waals surface area contributed by atoms with Crippen LogP contribution >= 0.6 is 0 Å². The number of rotatable bonds is 2. The summed E-state index contributed by atoms with van der Waals surface area (Å²) < 4.78 is 0. The molecule has 3 aliphatic rings. The number of hydrazine groups is 1. The van der Waals surface area contributed by atoms with Crippen molar-refractivity contribution >= 4 is 23.4 Å². The van der Waals surface area contributed by atoms with Crippen molar-refractivity contribution < 1.29 is 14.4 Å². The number of benzene rings is 2. The Labute approximate surface area is 169 Å². The Kier molecular flexibility index (Phi) is 3.90. The van der Waals surface area contributed by atoms with E-state index in [1.165, 1.54) is 4.90 Å². The Balaban J connectivity index is 1.65. The highest BCUT2D eigenvalue weighted by Crippen LogP contribution is 2.49. The molecular formula is C23H23N3O3. The molecule has 3 fully saturated rings. The van der Waals surface area contributed by atoms with Gasteiger partial charge in [-0.2, -0.15) is 0 Å². The molecule has 148 valence electrons. The van der Waals surface area contributed by atoms with Crippen molar-refractivity contribution in [3.63, 3.8) is 0 Å². The van der Waals surface area contributed by atoms with Crippen molar-refractivity contribution in [3.05, 3.63) is 64.7 Å². The van der Waals surface area contributed by atoms with Crippen LogP contribution in [-0.2, 0) is 14.4 Å². The van der Waals surface area contributed by atoms with E-state index in [0.29, 0.717) is 18.7 Å². The van der Waals surface area contributed by atoms with Gasteiger partial charge in [-0.3, -0.25) is 19.4 Å². The molecule has 0 unspecified atom stereocenters. The van der Waals surface area contributed by atoms with E-state index in [2.05, 4.69) is 0 Å². The van der Waals surface area contributed by atoms with E-state index in [0.717, 1.165) is 22.3 Å². The number of imide groups is 1. The fourth-order valence-electron chi connectivity index (χ4n) is 5.37. The molecule has 3 saturated heterocycles. The first kappa shape index (κ1) is 18.1. The molecule has 0 aliphatic carbocycles. The predicted octanol–water partition coefficient (Wildman–Crippen LogP) is 2.67. The summed E-state index contributed by atoms with van der Waals surface area (Å²) in [5.74, 6) is -1.19. The van der Waals surface area contributed by atoms with Crippen molar-refractivity contribution in [3.8, 4) is 0 Å². The predicted molar refractivity (Wildman–Crippen MR) is 108 cm³/mol. The highest BCUT2D eigenvalue weighted by molar-refractivity contribution is 6.25. The Morgan fingerprint density at radius 3 is 2.17 bits per heavy atom. The third-order valence-corrected chi connectivity index (χ3v) is 6.33. The zero-order valence-electron chi connectivity index (χ0n) is 16.8. The summed E-state index contributed by atoms with van der Waals surface area (Å²) in [6, 6.07) is 12.6. The van der Waals surface area contributed by atoms with E-state index in [4.69, 9.17) is 0 Å². The van der Waals surface area contributed by atoms with Gasteiger partial charge in [-0.15, -0.1) is 0 Å². The average molecular weight is 389 g/mol. The van der Waals surface area contributed by atoms with Gasteiger partial charge in [0.05, 0.1) is 17.6 Å². The maximum Gasteiger partial charge on any atom is 0.259 e. The molecular weight excluding hydrogens is 366 g/mol. The molecule has 0 saturated carbocycles. The smallest absolute Gasteiger partial charge is 0.259 e. The quantitative estimate of drug-likeness (QED) is 0.741. The Morgan fingerprint density at radius 2 is 1.52 bits per heavy atom. The second-order valence-corrected chi connectivity index (χ2v) is 8.24. The molecule has 0 aromatic heterocycles. The number of anilines is 1. The minimum absolute atomic E-state index is 0.0845. The van der Waals surface area contributed by atoms with Gasteiger partial charge >= 0.3 is 0 Å². The Bertz CT molecular complexity index is 1030. The molecule has 2 aromatic carbocycles. The lowest BCUT2D eigenvalue weighted by Gasteiger charge is -2.30. The highest BCUT2D eigenvalue weighted by atomic mass is 16.2. The number of carbonyl (C=O) groups excluding carboxylic acids is 3. The molecule has 3 amide bonds. The Morgan fingerprint density at radius 1 is 0.862 bits per heavy atom. The van der Waals surface area contributed by atoms with Gasteiger partial charge in [0, 0.05) is 13.0 Å². The third kappa shape index (κ3) is 2.42. The van der Waals surface area contributed by atoms with E-state index in [1.54, 1.807) is 5.01 Å². The number of fused-ring (bicyclic) bond motifs is 3. The van der Waals surface area contributed by atoms with Crippen LogP contribution in [0.4, 0.5) is 5.69 Å². The maximum atomic E-state index is 13.6. The standard InChI is InChI=1S/C23H23N3O3/c1-13-11-14(2)19(15(3)12-13)25-22(28)18-20(16-7-5-4-6-8-16)24-10-9-17(27)26(24)21(18)23(25)29/h4-8,11-12,18,20-21H,9-10H2,1-3H3/t18-,20-,21+/m0/s1. The molecule has 3 aliphatic heterocycles. The van der Waals surface area contributed by atoms with Crippen LogP contribution in [0.2, 0.25) is 0 Å². The van der Waals surface area contributed by atoms with Crippen LogP contribution in [0.25, 0.3) is 0 Å². The number of aryl methyl sites for hydroxylation is 3. The number of hydrogen-bond donors (Lipinski definition) is 0. The normalized spacial score (nSPS) is 26.4. The van der Waals surface area contributed by atoms with E-state index >= 15 is 0 Å². The fraction of sp³-hybridized carbons (Fsp3) is 0.348. The number of nitrogens with zero attached hydrogens (tertiary/aromatic N) is 3. The summed E-state index contributed by atoms with van der Waals surface area (Å²) >= 11 is 0. The van der Waals surface area contributed by atoms with Crippen LogP contribution in [0.1, 0.15) is 34.7 Å². The Hall–Kier alpha value is -2.99. The largest absolute Gasteiger partial charge is 0.274 e. The topological polar surface area (TPSA) is 60.9 Å². The molecule has 3 heterocycles. The van der Waals surface area contributed by atoms with Crippen LogP contribution in [0.5, 0.6) is 0 Å².